The Balaban J connectivity index is 1.88. The lowest BCUT2D eigenvalue weighted by Crippen LogP contribution is -2.39. The molecule has 7 nitrogen and oxygen atoms in total. The third-order valence-corrected chi connectivity index (χ3v) is 6.08. The molecule has 0 unspecified atom stereocenters. The number of morpholine rings is 2. The number of sulfone groups is 1. The van der Waals surface area contributed by atoms with Gasteiger partial charge in [0.25, 0.3) is 5.95 Å². The highest BCUT2D eigenvalue weighted by Gasteiger charge is 2.33. The van der Waals surface area contributed by atoms with E-state index in [1.54, 1.807) is 0 Å². The minimum Gasteiger partial charge on any atom is -0.379 e. The Bertz CT molecular complexity index is 751. The van der Waals surface area contributed by atoms with Crippen LogP contribution in [0, 0.1) is 17.6 Å². The van der Waals surface area contributed by atoms with E-state index in [2.05, 4.69) is 4.98 Å². The lowest BCUT2D eigenvalue weighted by Gasteiger charge is -2.29. The summed E-state index contributed by atoms with van der Waals surface area (Å²) in [5.41, 5.74) is 0. The summed E-state index contributed by atoms with van der Waals surface area (Å²) in [6.45, 7) is 3.03. The van der Waals surface area contributed by atoms with E-state index in [0.29, 0.717) is 26.3 Å². The van der Waals surface area contributed by atoms with E-state index < -0.39 is 43.9 Å². The Kier molecular flexibility index (Phi) is 6.00. The molecule has 0 amide bonds. The molecule has 2 saturated heterocycles. The van der Waals surface area contributed by atoms with Crippen LogP contribution in [0.5, 0.6) is 0 Å². The molecule has 2 fully saturated rings. The average molecular weight is 395 g/mol. The van der Waals surface area contributed by atoms with Crippen LogP contribution in [0.4, 0.5) is 19.0 Å². The molecule has 0 aromatic carbocycles. The molecule has 0 bridgehead atoms. The van der Waals surface area contributed by atoms with Crippen LogP contribution in [0.1, 0.15) is 0 Å². The van der Waals surface area contributed by atoms with E-state index in [1.807, 2.05) is 4.90 Å². The van der Waals surface area contributed by atoms with Crippen LogP contribution in [0.2, 0.25) is 0 Å². The zero-order valence-electron chi connectivity index (χ0n) is 14.1. The highest BCUT2D eigenvalue weighted by molar-refractivity contribution is 7.91. The van der Waals surface area contributed by atoms with Crippen LogP contribution in [0.3, 0.4) is 0 Å². The van der Waals surface area contributed by atoms with Crippen LogP contribution in [0.15, 0.2) is 4.90 Å². The topological polar surface area (TPSA) is 72.0 Å². The Labute approximate surface area is 149 Å². The maximum Gasteiger partial charge on any atom is 0.252 e. The van der Waals surface area contributed by atoms with Crippen molar-refractivity contribution in [3.05, 3.63) is 17.6 Å². The van der Waals surface area contributed by atoms with Gasteiger partial charge in [0.1, 0.15) is 4.90 Å². The fourth-order valence-electron chi connectivity index (χ4n) is 2.92. The largest absolute Gasteiger partial charge is 0.379 e. The molecule has 2 aliphatic rings. The van der Waals surface area contributed by atoms with Crippen molar-refractivity contribution in [2.45, 2.75) is 4.90 Å². The van der Waals surface area contributed by atoms with Crippen molar-refractivity contribution < 1.29 is 31.1 Å². The highest BCUT2D eigenvalue weighted by atomic mass is 32.2. The summed E-state index contributed by atoms with van der Waals surface area (Å²) >= 11 is 0. The summed E-state index contributed by atoms with van der Waals surface area (Å²) in [6, 6.07) is 0. The zero-order chi connectivity index (χ0) is 18.7. The molecule has 0 saturated carbocycles. The Morgan fingerprint density at radius 2 is 1.50 bits per heavy atom. The molecular weight excluding hydrogens is 375 g/mol. The van der Waals surface area contributed by atoms with Gasteiger partial charge in [-0.2, -0.15) is 9.37 Å². The number of halogens is 3. The van der Waals surface area contributed by atoms with Crippen LogP contribution in [-0.4, -0.2) is 83.2 Å². The van der Waals surface area contributed by atoms with Crippen molar-refractivity contribution in [2.75, 3.05) is 69.8 Å². The molecule has 146 valence electrons. The maximum atomic E-state index is 14.8. The normalized spacial score (nSPS) is 19.7. The van der Waals surface area contributed by atoms with E-state index in [-0.39, 0.29) is 32.8 Å². The summed E-state index contributed by atoms with van der Waals surface area (Å²) < 4.78 is 78.2. The van der Waals surface area contributed by atoms with Crippen LogP contribution >= 0.6 is 0 Å². The first-order valence-electron chi connectivity index (χ1n) is 8.30. The number of hydrogen-bond donors (Lipinski definition) is 0. The third kappa shape index (κ3) is 4.11. The van der Waals surface area contributed by atoms with Gasteiger partial charge in [-0.25, -0.2) is 17.2 Å². The van der Waals surface area contributed by atoms with Gasteiger partial charge in [-0.1, -0.05) is 0 Å². The average Bonchev–Trinajstić information content (AvgIpc) is 2.65. The summed E-state index contributed by atoms with van der Waals surface area (Å²) in [7, 11) is -4.38. The van der Waals surface area contributed by atoms with Gasteiger partial charge in [0, 0.05) is 32.7 Å². The number of rotatable bonds is 5. The SMILES string of the molecule is O=S(=O)(CCN1CCOCC1)c1c(F)c(F)nc(N2CCOCC2)c1F. The van der Waals surface area contributed by atoms with Gasteiger partial charge in [0.15, 0.2) is 27.3 Å². The van der Waals surface area contributed by atoms with Gasteiger partial charge in [0.05, 0.1) is 32.2 Å². The quantitative estimate of drug-likeness (QED) is 0.670. The first-order chi connectivity index (χ1) is 12.4. The minimum absolute atomic E-state index is 0.0847. The summed E-state index contributed by atoms with van der Waals surface area (Å²) in [6.07, 6.45) is 0. The summed E-state index contributed by atoms with van der Waals surface area (Å²) in [5.74, 6) is -5.78. The summed E-state index contributed by atoms with van der Waals surface area (Å²) in [5, 5.41) is 0. The van der Waals surface area contributed by atoms with Crippen molar-refractivity contribution in [3.63, 3.8) is 0 Å². The van der Waals surface area contributed by atoms with E-state index in [0.717, 1.165) is 0 Å². The van der Waals surface area contributed by atoms with Gasteiger partial charge in [-0.15, -0.1) is 0 Å². The van der Waals surface area contributed by atoms with Crippen LogP contribution in [-0.2, 0) is 19.3 Å². The molecule has 26 heavy (non-hydrogen) atoms. The molecule has 0 spiro atoms. The fraction of sp³-hybridized carbons (Fsp3) is 0.667. The number of nitrogens with zero attached hydrogens (tertiary/aromatic N) is 3. The van der Waals surface area contributed by atoms with E-state index in [1.165, 1.54) is 4.90 Å². The molecular formula is C15H20F3N3O4S. The first-order valence-corrected chi connectivity index (χ1v) is 9.95. The van der Waals surface area contributed by atoms with Crippen LogP contribution < -0.4 is 4.90 Å². The van der Waals surface area contributed by atoms with Gasteiger partial charge >= 0.3 is 0 Å². The van der Waals surface area contributed by atoms with Crippen molar-refractivity contribution in [1.29, 1.82) is 0 Å². The molecule has 2 aliphatic heterocycles. The molecule has 0 aliphatic carbocycles. The smallest absolute Gasteiger partial charge is 0.252 e. The van der Waals surface area contributed by atoms with E-state index >= 15 is 0 Å². The Morgan fingerprint density at radius 3 is 2.12 bits per heavy atom. The number of aromatic nitrogens is 1. The van der Waals surface area contributed by atoms with Crippen molar-refractivity contribution >= 4 is 15.7 Å². The molecule has 0 atom stereocenters. The van der Waals surface area contributed by atoms with Gasteiger partial charge < -0.3 is 14.4 Å². The van der Waals surface area contributed by atoms with Crippen molar-refractivity contribution in [3.8, 4) is 0 Å². The summed E-state index contributed by atoms with van der Waals surface area (Å²) in [4.78, 5) is 5.20. The molecule has 0 radical (unpaired) electrons. The van der Waals surface area contributed by atoms with Gasteiger partial charge in [-0.3, -0.25) is 4.90 Å². The lowest BCUT2D eigenvalue weighted by atomic mass is 10.3. The highest BCUT2D eigenvalue weighted by Crippen LogP contribution is 2.29. The number of hydrogen-bond acceptors (Lipinski definition) is 7. The fourth-order valence-corrected chi connectivity index (χ4v) is 4.34. The predicted molar refractivity (Wildman–Crippen MR) is 86.5 cm³/mol. The van der Waals surface area contributed by atoms with E-state index in [4.69, 9.17) is 9.47 Å². The zero-order valence-corrected chi connectivity index (χ0v) is 14.9. The third-order valence-electron chi connectivity index (χ3n) is 4.38. The number of pyridine rings is 1. The van der Waals surface area contributed by atoms with Gasteiger partial charge in [-0.05, 0) is 0 Å². The first kappa shape index (κ1) is 19.3. The number of anilines is 1. The molecule has 1 aromatic heterocycles. The molecule has 1 aromatic rings. The van der Waals surface area contributed by atoms with Gasteiger partial charge in [0.2, 0.25) is 0 Å². The molecule has 0 N–H and O–H groups in total. The Morgan fingerprint density at radius 1 is 0.923 bits per heavy atom. The number of ether oxygens (including phenoxy) is 2. The van der Waals surface area contributed by atoms with Crippen molar-refractivity contribution in [2.24, 2.45) is 0 Å². The molecule has 3 rings (SSSR count). The molecule has 11 heteroatoms. The standard InChI is InChI=1S/C15H20F3N3O4S/c16-11-13(26(22,23)10-5-20-1-6-24-7-2-20)12(17)15(19-14(11)18)21-3-8-25-9-4-21/h1-10H2. The van der Waals surface area contributed by atoms with Crippen molar-refractivity contribution in [1.82, 2.24) is 9.88 Å². The second-order valence-electron chi connectivity index (χ2n) is 6.06. The minimum atomic E-state index is -4.38. The second kappa shape index (κ2) is 8.07. The lowest BCUT2D eigenvalue weighted by molar-refractivity contribution is 0.0408. The van der Waals surface area contributed by atoms with Crippen LogP contribution in [0.25, 0.3) is 0 Å². The predicted octanol–water partition coefficient (Wildman–Crippen LogP) is 0.441. The van der Waals surface area contributed by atoms with E-state index in [9.17, 15) is 21.6 Å². The monoisotopic (exact) mass is 395 g/mol. The maximum absolute atomic E-state index is 14.8. The second-order valence-corrected chi connectivity index (χ2v) is 8.10. The molecule has 3 heterocycles. The Hall–Kier alpha value is -1.43.